The van der Waals surface area contributed by atoms with Gasteiger partial charge in [0.25, 0.3) is 0 Å². The zero-order valence-electron chi connectivity index (χ0n) is 12.0. The van der Waals surface area contributed by atoms with E-state index in [-0.39, 0.29) is 6.10 Å². The SMILES string of the molecule is CCOC(C)c1c(-c2c(Cl)cccc2Cl)noc1C1CC1. The summed E-state index contributed by atoms with van der Waals surface area (Å²) < 4.78 is 11.4. The maximum atomic E-state index is 6.32. The fourth-order valence-electron chi connectivity index (χ4n) is 2.58. The molecule has 1 aliphatic rings. The highest BCUT2D eigenvalue weighted by atomic mass is 35.5. The molecule has 0 N–H and O–H groups in total. The molecule has 112 valence electrons. The van der Waals surface area contributed by atoms with Gasteiger partial charge in [0, 0.05) is 18.1 Å². The van der Waals surface area contributed by atoms with E-state index in [1.54, 1.807) is 0 Å². The fourth-order valence-corrected chi connectivity index (χ4v) is 3.16. The first-order valence-electron chi connectivity index (χ1n) is 7.18. The number of rotatable bonds is 5. The van der Waals surface area contributed by atoms with Crippen LogP contribution < -0.4 is 0 Å². The minimum Gasteiger partial charge on any atom is -0.374 e. The second-order valence-electron chi connectivity index (χ2n) is 5.28. The maximum absolute atomic E-state index is 6.32. The summed E-state index contributed by atoms with van der Waals surface area (Å²) in [6.07, 6.45) is 2.17. The Balaban J connectivity index is 2.14. The van der Waals surface area contributed by atoms with E-state index in [1.807, 2.05) is 32.0 Å². The third kappa shape index (κ3) is 2.83. The Labute approximate surface area is 134 Å². The van der Waals surface area contributed by atoms with Gasteiger partial charge in [0.15, 0.2) is 0 Å². The Kier molecular flexibility index (Phi) is 4.25. The van der Waals surface area contributed by atoms with Crippen LogP contribution in [0.3, 0.4) is 0 Å². The molecule has 1 atom stereocenters. The first-order valence-corrected chi connectivity index (χ1v) is 7.94. The van der Waals surface area contributed by atoms with Crippen LogP contribution >= 0.6 is 23.2 Å². The first-order chi connectivity index (χ1) is 10.1. The van der Waals surface area contributed by atoms with Gasteiger partial charge in [-0.2, -0.15) is 0 Å². The van der Waals surface area contributed by atoms with Crippen LogP contribution in [0.25, 0.3) is 11.3 Å². The summed E-state index contributed by atoms with van der Waals surface area (Å²) in [5.74, 6) is 1.37. The molecular weight excluding hydrogens is 309 g/mol. The Morgan fingerprint density at radius 2 is 2.00 bits per heavy atom. The molecule has 0 spiro atoms. The Morgan fingerprint density at radius 3 is 2.57 bits per heavy atom. The van der Waals surface area contributed by atoms with Crippen molar-refractivity contribution in [2.24, 2.45) is 0 Å². The predicted molar refractivity (Wildman–Crippen MR) is 84.0 cm³/mol. The van der Waals surface area contributed by atoms with Gasteiger partial charge in [0.2, 0.25) is 0 Å². The molecule has 0 amide bonds. The highest BCUT2D eigenvalue weighted by Crippen LogP contribution is 2.48. The van der Waals surface area contributed by atoms with Gasteiger partial charge < -0.3 is 9.26 Å². The Morgan fingerprint density at radius 1 is 1.33 bits per heavy atom. The Bertz CT molecular complexity index is 629. The van der Waals surface area contributed by atoms with Crippen molar-refractivity contribution >= 4 is 23.2 Å². The highest BCUT2D eigenvalue weighted by Gasteiger charge is 2.35. The van der Waals surface area contributed by atoms with Crippen LogP contribution in [-0.4, -0.2) is 11.8 Å². The summed E-state index contributed by atoms with van der Waals surface area (Å²) in [7, 11) is 0. The van der Waals surface area contributed by atoms with E-state index in [0.717, 1.165) is 29.7 Å². The predicted octanol–water partition coefficient (Wildman–Crippen LogP) is 5.62. The molecule has 5 heteroatoms. The molecule has 2 aromatic rings. The third-order valence-electron chi connectivity index (χ3n) is 3.73. The maximum Gasteiger partial charge on any atom is 0.146 e. The van der Waals surface area contributed by atoms with Gasteiger partial charge in [-0.05, 0) is 38.8 Å². The molecule has 1 aromatic carbocycles. The lowest BCUT2D eigenvalue weighted by atomic mass is 10.0. The fraction of sp³-hybridized carbons (Fsp3) is 0.438. The first kappa shape index (κ1) is 14.9. The monoisotopic (exact) mass is 325 g/mol. The third-order valence-corrected chi connectivity index (χ3v) is 4.36. The molecular formula is C16H17Cl2NO2. The number of hydrogen-bond donors (Lipinski definition) is 0. The molecule has 1 fully saturated rings. The zero-order valence-corrected chi connectivity index (χ0v) is 13.5. The summed E-state index contributed by atoms with van der Waals surface area (Å²) in [5.41, 5.74) is 2.40. The summed E-state index contributed by atoms with van der Waals surface area (Å²) in [6.45, 7) is 4.62. The molecule has 1 heterocycles. The van der Waals surface area contributed by atoms with Gasteiger partial charge in [0.05, 0.1) is 21.7 Å². The van der Waals surface area contributed by atoms with E-state index in [2.05, 4.69) is 5.16 Å². The molecule has 21 heavy (non-hydrogen) atoms. The summed E-state index contributed by atoms with van der Waals surface area (Å²) in [4.78, 5) is 0. The minimum absolute atomic E-state index is 0.0980. The van der Waals surface area contributed by atoms with Crippen molar-refractivity contribution in [3.05, 3.63) is 39.6 Å². The van der Waals surface area contributed by atoms with E-state index in [0.29, 0.717) is 28.3 Å². The molecule has 0 saturated heterocycles. The van der Waals surface area contributed by atoms with E-state index < -0.39 is 0 Å². The van der Waals surface area contributed by atoms with Gasteiger partial charge in [-0.15, -0.1) is 0 Å². The lowest BCUT2D eigenvalue weighted by Gasteiger charge is -2.14. The van der Waals surface area contributed by atoms with Gasteiger partial charge in [-0.1, -0.05) is 34.4 Å². The summed E-state index contributed by atoms with van der Waals surface area (Å²) in [6, 6.07) is 5.44. The average Bonchev–Trinajstić information content (AvgIpc) is 3.19. The normalized spacial score (nSPS) is 16.2. The molecule has 1 aliphatic carbocycles. The average molecular weight is 326 g/mol. The van der Waals surface area contributed by atoms with Crippen molar-refractivity contribution in [3.63, 3.8) is 0 Å². The van der Waals surface area contributed by atoms with Gasteiger partial charge in [-0.3, -0.25) is 0 Å². The molecule has 0 aliphatic heterocycles. The second-order valence-corrected chi connectivity index (χ2v) is 6.09. The van der Waals surface area contributed by atoms with Crippen LogP contribution in [0.15, 0.2) is 22.7 Å². The van der Waals surface area contributed by atoms with Gasteiger partial charge >= 0.3 is 0 Å². The molecule has 0 radical (unpaired) electrons. The van der Waals surface area contributed by atoms with Crippen molar-refractivity contribution in [2.45, 2.75) is 38.7 Å². The van der Waals surface area contributed by atoms with Gasteiger partial charge in [0.1, 0.15) is 11.5 Å². The number of aromatic nitrogens is 1. The van der Waals surface area contributed by atoms with Crippen LogP contribution in [-0.2, 0) is 4.74 Å². The summed E-state index contributed by atoms with van der Waals surface area (Å²) >= 11 is 12.6. The van der Waals surface area contributed by atoms with E-state index in [1.165, 1.54) is 0 Å². The molecule has 3 nitrogen and oxygen atoms in total. The van der Waals surface area contributed by atoms with E-state index in [4.69, 9.17) is 32.5 Å². The van der Waals surface area contributed by atoms with Crippen molar-refractivity contribution in [1.82, 2.24) is 5.16 Å². The summed E-state index contributed by atoms with van der Waals surface area (Å²) in [5, 5.41) is 5.39. The molecule has 1 unspecified atom stereocenters. The topological polar surface area (TPSA) is 35.3 Å². The largest absolute Gasteiger partial charge is 0.374 e. The molecule has 3 rings (SSSR count). The molecule has 1 aromatic heterocycles. The van der Waals surface area contributed by atoms with E-state index in [9.17, 15) is 0 Å². The molecule has 0 bridgehead atoms. The smallest absolute Gasteiger partial charge is 0.146 e. The van der Waals surface area contributed by atoms with Crippen molar-refractivity contribution < 1.29 is 9.26 Å². The Hall–Kier alpha value is -1.03. The van der Waals surface area contributed by atoms with Crippen LogP contribution in [0.1, 0.15) is 50.0 Å². The molecule has 1 saturated carbocycles. The number of hydrogen-bond acceptors (Lipinski definition) is 3. The highest BCUT2D eigenvalue weighted by molar-refractivity contribution is 6.39. The lowest BCUT2D eigenvalue weighted by Crippen LogP contribution is -2.03. The lowest BCUT2D eigenvalue weighted by molar-refractivity contribution is 0.0753. The quantitative estimate of drug-likeness (QED) is 0.715. The number of benzene rings is 1. The standard InChI is InChI=1S/C16H17Cl2NO2/c1-3-20-9(2)13-15(19-21-16(13)10-7-8-10)14-11(17)5-4-6-12(14)18/h4-6,9-10H,3,7-8H2,1-2H3. The van der Waals surface area contributed by atoms with Crippen molar-refractivity contribution in [2.75, 3.05) is 6.61 Å². The minimum atomic E-state index is -0.0980. The van der Waals surface area contributed by atoms with Crippen LogP contribution in [0.5, 0.6) is 0 Å². The van der Waals surface area contributed by atoms with Gasteiger partial charge in [-0.25, -0.2) is 0 Å². The van der Waals surface area contributed by atoms with Crippen LogP contribution in [0.4, 0.5) is 0 Å². The van der Waals surface area contributed by atoms with Crippen LogP contribution in [0.2, 0.25) is 10.0 Å². The van der Waals surface area contributed by atoms with Crippen molar-refractivity contribution in [1.29, 1.82) is 0 Å². The van der Waals surface area contributed by atoms with E-state index >= 15 is 0 Å². The number of halogens is 2. The zero-order chi connectivity index (χ0) is 15.0. The number of nitrogens with zero attached hydrogens (tertiary/aromatic N) is 1. The van der Waals surface area contributed by atoms with Crippen molar-refractivity contribution in [3.8, 4) is 11.3 Å². The number of ether oxygens (including phenoxy) is 1. The second kappa shape index (κ2) is 5.99. The van der Waals surface area contributed by atoms with Crippen LogP contribution in [0, 0.1) is 0 Å².